The van der Waals surface area contributed by atoms with Gasteiger partial charge in [0.2, 0.25) is 0 Å². The summed E-state index contributed by atoms with van der Waals surface area (Å²) in [4.78, 5) is 22.4. The summed E-state index contributed by atoms with van der Waals surface area (Å²) in [5.41, 5.74) is 3.83. The van der Waals surface area contributed by atoms with E-state index < -0.39 is 0 Å². The van der Waals surface area contributed by atoms with E-state index in [1.54, 1.807) is 19.2 Å². The minimum atomic E-state index is -0.313. The standard InChI is InChI=1S/C16H12N6O/c1-22-20-13-7-6-10(8-14(13)21-22)18-16(23)15-9-17-11-4-2-3-5-12(11)19-15/h2-9H,1H3,(H,18,23). The predicted octanol–water partition coefficient (Wildman–Crippen LogP) is 2.16. The van der Waals surface area contributed by atoms with Gasteiger partial charge in [-0.05, 0) is 30.3 Å². The molecule has 0 fully saturated rings. The van der Waals surface area contributed by atoms with Gasteiger partial charge in [0, 0.05) is 12.7 Å². The maximum absolute atomic E-state index is 12.3. The summed E-state index contributed by atoms with van der Waals surface area (Å²) >= 11 is 0. The first-order valence-corrected chi connectivity index (χ1v) is 7.03. The van der Waals surface area contributed by atoms with Crippen LogP contribution < -0.4 is 5.32 Å². The van der Waals surface area contributed by atoms with Gasteiger partial charge in [0.05, 0.1) is 17.2 Å². The highest BCUT2D eigenvalue weighted by atomic mass is 16.1. The van der Waals surface area contributed by atoms with E-state index in [1.807, 2.05) is 30.3 Å². The number of fused-ring (bicyclic) bond motifs is 2. The minimum Gasteiger partial charge on any atom is -0.321 e. The van der Waals surface area contributed by atoms with Crippen molar-refractivity contribution in [1.82, 2.24) is 25.0 Å². The van der Waals surface area contributed by atoms with Crippen molar-refractivity contribution in [2.45, 2.75) is 0 Å². The number of carbonyl (C=O) groups is 1. The monoisotopic (exact) mass is 304 g/mol. The molecule has 4 rings (SSSR count). The summed E-state index contributed by atoms with van der Waals surface area (Å²) in [6.07, 6.45) is 1.47. The van der Waals surface area contributed by atoms with Crippen LogP contribution in [0.5, 0.6) is 0 Å². The van der Waals surface area contributed by atoms with E-state index in [-0.39, 0.29) is 11.6 Å². The number of nitrogens with one attached hydrogen (secondary N) is 1. The van der Waals surface area contributed by atoms with Gasteiger partial charge in [0.1, 0.15) is 16.7 Å². The van der Waals surface area contributed by atoms with E-state index in [0.717, 1.165) is 16.6 Å². The van der Waals surface area contributed by atoms with Crippen LogP contribution in [0.3, 0.4) is 0 Å². The van der Waals surface area contributed by atoms with Crippen molar-refractivity contribution in [3.05, 3.63) is 54.4 Å². The molecule has 0 unspecified atom stereocenters. The molecular formula is C16H12N6O. The molecule has 0 radical (unpaired) electrons. The fourth-order valence-electron chi connectivity index (χ4n) is 2.36. The number of aryl methyl sites for hydroxylation is 1. The molecule has 7 nitrogen and oxygen atoms in total. The molecule has 23 heavy (non-hydrogen) atoms. The number of benzene rings is 2. The number of anilines is 1. The summed E-state index contributed by atoms with van der Waals surface area (Å²) in [7, 11) is 1.75. The SMILES string of the molecule is Cn1nc2ccc(NC(=O)c3cnc4ccccc4n3)cc2n1. The molecule has 0 spiro atoms. The molecule has 0 saturated heterocycles. The Morgan fingerprint density at radius 3 is 2.65 bits per heavy atom. The minimum absolute atomic E-state index is 0.267. The van der Waals surface area contributed by atoms with Crippen LogP contribution in [-0.2, 0) is 7.05 Å². The Morgan fingerprint density at radius 2 is 1.78 bits per heavy atom. The largest absolute Gasteiger partial charge is 0.321 e. The molecule has 2 aromatic carbocycles. The average Bonchev–Trinajstić information content (AvgIpc) is 2.93. The van der Waals surface area contributed by atoms with Crippen molar-refractivity contribution in [3.8, 4) is 0 Å². The van der Waals surface area contributed by atoms with Gasteiger partial charge in [-0.3, -0.25) is 9.78 Å². The highest BCUT2D eigenvalue weighted by molar-refractivity contribution is 6.04. The highest BCUT2D eigenvalue weighted by Crippen LogP contribution is 2.16. The summed E-state index contributed by atoms with van der Waals surface area (Å²) < 4.78 is 0. The van der Waals surface area contributed by atoms with Crippen molar-refractivity contribution in [1.29, 1.82) is 0 Å². The molecule has 7 heteroatoms. The molecule has 0 aliphatic carbocycles. The number of nitrogens with zero attached hydrogens (tertiary/aromatic N) is 5. The van der Waals surface area contributed by atoms with E-state index >= 15 is 0 Å². The molecule has 0 aliphatic rings. The van der Waals surface area contributed by atoms with Crippen LogP contribution in [0.15, 0.2) is 48.7 Å². The zero-order chi connectivity index (χ0) is 15.8. The summed E-state index contributed by atoms with van der Waals surface area (Å²) in [6.45, 7) is 0. The van der Waals surface area contributed by atoms with Crippen molar-refractivity contribution in [3.63, 3.8) is 0 Å². The Labute approximate surface area is 131 Å². The van der Waals surface area contributed by atoms with Gasteiger partial charge in [0.25, 0.3) is 5.91 Å². The van der Waals surface area contributed by atoms with Gasteiger partial charge in [-0.25, -0.2) is 4.98 Å². The maximum Gasteiger partial charge on any atom is 0.275 e. The van der Waals surface area contributed by atoms with E-state index in [2.05, 4.69) is 25.5 Å². The molecule has 112 valence electrons. The number of carbonyl (C=O) groups excluding carboxylic acids is 1. The fourth-order valence-corrected chi connectivity index (χ4v) is 2.36. The number of hydrogen-bond acceptors (Lipinski definition) is 5. The first-order chi connectivity index (χ1) is 11.2. The van der Waals surface area contributed by atoms with Crippen LogP contribution in [0.4, 0.5) is 5.69 Å². The van der Waals surface area contributed by atoms with Crippen LogP contribution in [-0.4, -0.2) is 30.9 Å². The topological polar surface area (TPSA) is 85.6 Å². The second kappa shape index (κ2) is 5.13. The van der Waals surface area contributed by atoms with Gasteiger partial charge >= 0.3 is 0 Å². The quantitative estimate of drug-likeness (QED) is 0.613. The first kappa shape index (κ1) is 13.3. The van der Waals surface area contributed by atoms with E-state index in [4.69, 9.17) is 0 Å². The molecule has 1 amide bonds. The van der Waals surface area contributed by atoms with Crippen molar-refractivity contribution >= 4 is 33.7 Å². The summed E-state index contributed by atoms with van der Waals surface area (Å²) in [5.74, 6) is -0.313. The lowest BCUT2D eigenvalue weighted by Crippen LogP contribution is -2.14. The second-order valence-electron chi connectivity index (χ2n) is 5.09. The average molecular weight is 304 g/mol. The third kappa shape index (κ3) is 2.48. The third-order valence-corrected chi connectivity index (χ3v) is 3.42. The Kier molecular flexibility index (Phi) is 2.97. The molecule has 4 aromatic rings. The fraction of sp³-hybridized carbons (Fsp3) is 0.0625. The van der Waals surface area contributed by atoms with Gasteiger partial charge in [-0.2, -0.15) is 15.0 Å². The molecule has 2 heterocycles. The summed E-state index contributed by atoms with van der Waals surface area (Å²) in [6, 6.07) is 12.8. The Balaban J connectivity index is 1.64. The van der Waals surface area contributed by atoms with Crippen LogP contribution in [0, 0.1) is 0 Å². The van der Waals surface area contributed by atoms with Gasteiger partial charge in [0.15, 0.2) is 0 Å². The Hall–Kier alpha value is -3.35. The van der Waals surface area contributed by atoms with Crippen LogP contribution in [0.2, 0.25) is 0 Å². The highest BCUT2D eigenvalue weighted by Gasteiger charge is 2.10. The molecule has 2 aromatic heterocycles. The molecule has 0 saturated carbocycles. The number of aromatic nitrogens is 5. The van der Waals surface area contributed by atoms with Crippen LogP contribution >= 0.6 is 0 Å². The van der Waals surface area contributed by atoms with Crippen molar-refractivity contribution < 1.29 is 4.79 Å². The van der Waals surface area contributed by atoms with Crippen LogP contribution in [0.1, 0.15) is 10.5 Å². The lowest BCUT2D eigenvalue weighted by Gasteiger charge is -2.05. The van der Waals surface area contributed by atoms with E-state index in [9.17, 15) is 4.79 Å². The Morgan fingerprint density at radius 1 is 1.00 bits per heavy atom. The maximum atomic E-state index is 12.3. The first-order valence-electron chi connectivity index (χ1n) is 7.03. The number of para-hydroxylation sites is 2. The summed E-state index contributed by atoms with van der Waals surface area (Å²) in [5, 5.41) is 11.2. The number of amides is 1. The predicted molar refractivity (Wildman–Crippen MR) is 86.0 cm³/mol. The second-order valence-corrected chi connectivity index (χ2v) is 5.09. The van der Waals surface area contributed by atoms with E-state index in [1.165, 1.54) is 11.0 Å². The molecule has 1 N–H and O–H groups in total. The normalized spacial score (nSPS) is 11.0. The van der Waals surface area contributed by atoms with Crippen molar-refractivity contribution in [2.75, 3.05) is 5.32 Å². The molecule has 0 bridgehead atoms. The number of rotatable bonds is 2. The van der Waals surface area contributed by atoms with Gasteiger partial charge < -0.3 is 5.32 Å². The smallest absolute Gasteiger partial charge is 0.275 e. The lowest BCUT2D eigenvalue weighted by molar-refractivity contribution is 0.102. The zero-order valence-electron chi connectivity index (χ0n) is 12.3. The molecule has 0 atom stereocenters. The van der Waals surface area contributed by atoms with Crippen LogP contribution in [0.25, 0.3) is 22.1 Å². The third-order valence-electron chi connectivity index (χ3n) is 3.42. The van der Waals surface area contributed by atoms with E-state index in [0.29, 0.717) is 11.2 Å². The molecule has 0 aliphatic heterocycles. The van der Waals surface area contributed by atoms with Gasteiger partial charge in [-0.1, -0.05) is 12.1 Å². The number of hydrogen-bond donors (Lipinski definition) is 1. The zero-order valence-corrected chi connectivity index (χ0v) is 12.3. The van der Waals surface area contributed by atoms with Crippen molar-refractivity contribution in [2.24, 2.45) is 7.05 Å². The Bertz CT molecular complexity index is 1040. The van der Waals surface area contributed by atoms with Gasteiger partial charge in [-0.15, -0.1) is 0 Å². The lowest BCUT2D eigenvalue weighted by atomic mass is 10.2. The molecular weight excluding hydrogens is 292 g/mol.